The zero-order chi connectivity index (χ0) is 8.43. The molecule has 0 heterocycles. The maximum absolute atomic E-state index is 10.1. The minimum atomic E-state index is 0.255. The maximum atomic E-state index is 10.1. The molecular weight excluding hydrogens is 185 g/mol. The van der Waals surface area contributed by atoms with Crippen molar-refractivity contribution < 1.29 is 0 Å². The molecule has 0 amide bonds. The van der Waals surface area contributed by atoms with Crippen LogP contribution in [0.15, 0.2) is 17.3 Å². The molecule has 0 bridgehead atoms. The zero-order valence-electron chi connectivity index (χ0n) is 5.77. The highest BCUT2D eigenvalue weighted by atomic mass is 35.5. The predicted octanol–water partition coefficient (Wildman–Crippen LogP) is 3.70. The molecule has 0 aliphatic rings. The third-order valence-corrected chi connectivity index (χ3v) is 2.16. The van der Waals surface area contributed by atoms with E-state index in [1.54, 1.807) is 6.92 Å². The lowest BCUT2D eigenvalue weighted by Crippen LogP contribution is -1.76. The lowest BCUT2D eigenvalue weighted by molar-refractivity contribution is 1.42. The Morgan fingerprint density at radius 1 is 1.27 bits per heavy atom. The smallest absolute Gasteiger partial charge is 0.110 e. The molecule has 0 atom stereocenters. The molecule has 1 rings (SSSR count). The molecule has 1 aromatic rings. The van der Waals surface area contributed by atoms with Gasteiger partial charge in [0, 0.05) is 10.0 Å². The Morgan fingerprint density at radius 2 is 1.73 bits per heavy atom. The van der Waals surface area contributed by atoms with Crippen LogP contribution in [0.2, 0.25) is 10.0 Å². The standard InChI is InChI=1S/C7H5Cl2NO/c1-4-6(8)2-5(10-11)3-7(4)9/h2-3H,1H3. The van der Waals surface area contributed by atoms with Crippen LogP contribution in [0.1, 0.15) is 5.56 Å². The molecule has 0 radical (unpaired) electrons. The van der Waals surface area contributed by atoms with Gasteiger partial charge in [0.15, 0.2) is 0 Å². The van der Waals surface area contributed by atoms with E-state index in [2.05, 4.69) is 5.18 Å². The molecule has 0 N–H and O–H groups in total. The maximum Gasteiger partial charge on any atom is 0.110 e. The molecule has 0 fully saturated rings. The average molecular weight is 190 g/mol. The van der Waals surface area contributed by atoms with Crippen LogP contribution in [-0.2, 0) is 0 Å². The molecule has 0 spiro atoms. The van der Waals surface area contributed by atoms with Gasteiger partial charge in [0.1, 0.15) is 5.69 Å². The number of hydrogen-bond donors (Lipinski definition) is 0. The summed E-state index contributed by atoms with van der Waals surface area (Å²) in [5.74, 6) is 0. The van der Waals surface area contributed by atoms with Crippen LogP contribution in [0.3, 0.4) is 0 Å². The molecule has 0 saturated heterocycles. The molecule has 2 nitrogen and oxygen atoms in total. The first-order valence-corrected chi connectivity index (χ1v) is 3.69. The SMILES string of the molecule is Cc1c(Cl)cc(N=O)cc1Cl. The molecule has 4 heteroatoms. The summed E-state index contributed by atoms with van der Waals surface area (Å²) in [7, 11) is 0. The first kappa shape index (κ1) is 8.50. The van der Waals surface area contributed by atoms with E-state index in [1.165, 1.54) is 12.1 Å². The molecule has 0 aliphatic carbocycles. The highest BCUT2D eigenvalue weighted by molar-refractivity contribution is 6.36. The van der Waals surface area contributed by atoms with Gasteiger partial charge in [0.05, 0.1) is 0 Å². The lowest BCUT2D eigenvalue weighted by atomic mass is 10.2. The summed E-state index contributed by atoms with van der Waals surface area (Å²) in [5, 5.41) is 3.64. The van der Waals surface area contributed by atoms with Crippen molar-refractivity contribution in [2.75, 3.05) is 0 Å². The Kier molecular flexibility index (Phi) is 2.47. The van der Waals surface area contributed by atoms with Crippen LogP contribution in [-0.4, -0.2) is 0 Å². The van der Waals surface area contributed by atoms with E-state index >= 15 is 0 Å². The Hall–Kier alpha value is -0.600. The van der Waals surface area contributed by atoms with Gasteiger partial charge in [-0.05, 0) is 29.8 Å². The lowest BCUT2D eigenvalue weighted by Gasteiger charge is -1.99. The van der Waals surface area contributed by atoms with E-state index in [0.717, 1.165) is 5.56 Å². The molecule has 58 valence electrons. The quantitative estimate of drug-likeness (QED) is 0.620. The van der Waals surface area contributed by atoms with Crippen molar-refractivity contribution in [2.24, 2.45) is 5.18 Å². The van der Waals surface area contributed by atoms with Crippen molar-refractivity contribution in [3.05, 3.63) is 32.6 Å². The summed E-state index contributed by atoms with van der Waals surface area (Å²) in [6.45, 7) is 1.78. The number of hydrogen-bond acceptors (Lipinski definition) is 2. The topological polar surface area (TPSA) is 29.4 Å². The number of rotatable bonds is 1. The summed E-state index contributed by atoms with van der Waals surface area (Å²) in [4.78, 5) is 10.1. The second kappa shape index (κ2) is 3.20. The summed E-state index contributed by atoms with van der Waals surface area (Å²) in [5.41, 5.74) is 1.02. The molecule has 0 saturated carbocycles. The van der Waals surface area contributed by atoms with Crippen molar-refractivity contribution in [3.8, 4) is 0 Å². The van der Waals surface area contributed by atoms with Crippen LogP contribution in [0.4, 0.5) is 5.69 Å². The predicted molar refractivity (Wildman–Crippen MR) is 46.7 cm³/mol. The normalized spacial score (nSPS) is 9.73. The van der Waals surface area contributed by atoms with Gasteiger partial charge < -0.3 is 0 Å². The number of nitroso groups, excluding NO2 is 1. The van der Waals surface area contributed by atoms with E-state index in [-0.39, 0.29) is 5.69 Å². The average Bonchev–Trinajstić information content (AvgIpc) is 1.99. The van der Waals surface area contributed by atoms with Crippen molar-refractivity contribution in [3.63, 3.8) is 0 Å². The molecule has 0 aromatic heterocycles. The van der Waals surface area contributed by atoms with Gasteiger partial charge in [-0.1, -0.05) is 23.2 Å². The van der Waals surface area contributed by atoms with E-state index in [1.807, 2.05) is 0 Å². The van der Waals surface area contributed by atoms with Crippen molar-refractivity contribution in [1.82, 2.24) is 0 Å². The van der Waals surface area contributed by atoms with Crippen LogP contribution in [0, 0.1) is 11.8 Å². The highest BCUT2D eigenvalue weighted by Gasteiger charge is 2.03. The fraction of sp³-hybridized carbons (Fsp3) is 0.143. The Balaban J connectivity index is 3.31. The summed E-state index contributed by atoms with van der Waals surface area (Å²) >= 11 is 11.4. The first-order chi connectivity index (χ1) is 5.15. The van der Waals surface area contributed by atoms with Gasteiger partial charge in [-0.25, -0.2) is 0 Å². The van der Waals surface area contributed by atoms with Gasteiger partial charge in [-0.15, -0.1) is 4.91 Å². The first-order valence-electron chi connectivity index (χ1n) is 2.94. The van der Waals surface area contributed by atoms with Gasteiger partial charge in [0.2, 0.25) is 0 Å². The molecular formula is C7H5Cl2NO. The van der Waals surface area contributed by atoms with Crippen molar-refractivity contribution >= 4 is 28.9 Å². The fourth-order valence-corrected chi connectivity index (χ4v) is 1.16. The Bertz CT molecular complexity index is 275. The van der Waals surface area contributed by atoms with E-state index in [4.69, 9.17) is 23.2 Å². The third-order valence-electron chi connectivity index (χ3n) is 1.37. The van der Waals surface area contributed by atoms with Crippen LogP contribution < -0.4 is 0 Å². The highest BCUT2D eigenvalue weighted by Crippen LogP contribution is 2.29. The zero-order valence-corrected chi connectivity index (χ0v) is 7.28. The van der Waals surface area contributed by atoms with Crippen molar-refractivity contribution in [2.45, 2.75) is 6.92 Å². The minimum Gasteiger partial charge on any atom is -0.145 e. The monoisotopic (exact) mass is 189 g/mol. The van der Waals surface area contributed by atoms with Crippen LogP contribution in [0.5, 0.6) is 0 Å². The molecule has 0 unspecified atom stereocenters. The number of benzene rings is 1. The van der Waals surface area contributed by atoms with E-state index in [9.17, 15) is 4.91 Å². The Morgan fingerprint density at radius 3 is 2.09 bits per heavy atom. The molecule has 0 aliphatic heterocycles. The molecule has 1 aromatic carbocycles. The largest absolute Gasteiger partial charge is 0.145 e. The Labute approximate surface area is 74.1 Å². The van der Waals surface area contributed by atoms with Gasteiger partial charge >= 0.3 is 0 Å². The van der Waals surface area contributed by atoms with Gasteiger partial charge in [-0.3, -0.25) is 0 Å². The summed E-state index contributed by atoms with van der Waals surface area (Å²) in [6, 6.07) is 2.96. The van der Waals surface area contributed by atoms with E-state index in [0.29, 0.717) is 10.0 Å². The van der Waals surface area contributed by atoms with E-state index < -0.39 is 0 Å². The summed E-state index contributed by atoms with van der Waals surface area (Å²) < 4.78 is 0. The van der Waals surface area contributed by atoms with Gasteiger partial charge in [0.25, 0.3) is 0 Å². The summed E-state index contributed by atoms with van der Waals surface area (Å²) in [6.07, 6.45) is 0. The van der Waals surface area contributed by atoms with Crippen LogP contribution >= 0.6 is 23.2 Å². The van der Waals surface area contributed by atoms with Gasteiger partial charge in [-0.2, -0.15) is 0 Å². The fourth-order valence-electron chi connectivity index (χ4n) is 0.685. The third kappa shape index (κ3) is 1.70. The molecule has 11 heavy (non-hydrogen) atoms. The number of nitrogens with zero attached hydrogens (tertiary/aromatic N) is 1. The second-order valence-electron chi connectivity index (χ2n) is 2.13. The minimum absolute atomic E-state index is 0.255. The second-order valence-corrected chi connectivity index (χ2v) is 2.94. The number of halogens is 2. The van der Waals surface area contributed by atoms with Crippen LogP contribution in [0.25, 0.3) is 0 Å². The van der Waals surface area contributed by atoms with Crippen molar-refractivity contribution in [1.29, 1.82) is 0 Å².